The highest BCUT2D eigenvalue weighted by atomic mass is 16.2. The smallest absolute Gasteiger partial charge is 0.227 e. The van der Waals surface area contributed by atoms with Crippen LogP contribution >= 0.6 is 0 Å². The first-order chi connectivity index (χ1) is 16.5. The molecular weight excluding hydrogens is 426 g/mol. The standard InChI is InChI=1S/C27H37N5O2/c1-4-20(3)23-8-6-7-9-24(23)32-19-22(16-26(32)33)27(34)29-18-21-10-11-25(28-17-21)31-14-12-30(5-2)13-15-31/h6-11,17,20,22H,4-5,12-16,18-19H2,1-3H3,(H,29,34). The highest BCUT2D eigenvalue weighted by molar-refractivity contribution is 6.00. The maximum absolute atomic E-state index is 12.9. The van der Waals surface area contributed by atoms with Gasteiger partial charge in [0.1, 0.15) is 5.82 Å². The van der Waals surface area contributed by atoms with Gasteiger partial charge in [-0.2, -0.15) is 0 Å². The lowest BCUT2D eigenvalue weighted by atomic mass is 9.96. The SMILES string of the molecule is CCC(C)c1ccccc1N1CC(C(=O)NCc2ccc(N3CCN(CC)CC3)nc2)CC1=O. The van der Waals surface area contributed by atoms with Crippen LogP contribution in [-0.2, 0) is 16.1 Å². The number of aromatic nitrogens is 1. The van der Waals surface area contributed by atoms with Crippen LogP contribution in [0.25, 0.3) is 0 Å². The van der Waals surface area contributed by atoms with Crippen molar-refractivity contribution in [1.29, 1.82) is 0 Å². The Morgan fingerprint density at radius 3 is 2.56 bits per heavy atom. The third-order valence-electron chi connectivity index (χ3n) is 7.29. The van der Waals surface area contributed by atoms with Crippen molar-refractivity contribution in [3.63, 3.8) is 0 Å². The third-order valence-corrected chi connectivity index (χ3v) is 7.29. The van der Waals surface area contributed by atoms with Gasteiger partial charge in [-0.25, -0.2) is 4.98 Å². The van der Waals surface area contributed by atoms with E-state index in [1.54, 1.807) is 4.90 Å². The Morgan fingerprint density at radius 2 is 1.88 bits per heavy atom. The number of carbonyl (C=O) groups excluding carboxylic acids is 2. The van der Waals surface area contributed by atoms with Crippen molar-refractivity contribution in [2.45, 2.75) is 46.1 Å². The van der Waals surface area contributed by atoms with Crippen molar-refractivity contribution in [2.75, 3.05) is 49.1 Å². The second-order valence-electron chi connectivity index (χ2n) is 9.44. The van der Waals surface area contributed by atoms with Crippen molar-refractivity contribution >= 4 is 23.3 Å². The molecule has 3 heterocycles. The zero-order valence-electron chi connectivity index (χ0n) is 20.7. The Balaban J connectivity index is 1.32. The molecule has 34 heavy (non-hydrogen) atoms. The molecule has 2 aliphatic heterocycles. The van der Waals surface area contributed by atoms with Gasteiger partial charge in [-0.15, -0.1) is 0 Å². The molecule has 0 aliphatic carbocycles. The van der Waals surface area contributed by atoms with Gasteiger partial charge in [0.2, 0.25) is 11.8 Å². The van der Waals surface area contributed by atoms with Gasteiger partial charge in [0.15, 0.2) is 0 Å². The fourth-order valence-electron chi connectivity index (χ4n) is 4.82. The molecule has 2 saturated heterocycles. The Bertz CT molecular complexity index is 985. The molecule has 7 heteroatoms. The zero-order valence-corrected chi connectivity index (χ0v) is 20.7. The van der Waals surface area contributed by atoms with Gasteiger partial charge < -0.3 is 20.0 Å². The molecule has 7 nitrogen and oxygen atoms in total. The van der Waals surface area contributed by atoms with Crippen LogP contribution in [0.3, 0.4) is 0 Å². The number of amides is 2. The number of para-hydroxylation sites is 1. The predicted octanol–water partition coefficient (Wildman–Crippen LogP) is 3.41. The summed E-state index contributed by atoms with van der Waals surface area (Å²) in [6, 6.07) is 12.1. The molecule has 1 aromatic heterocycles. The molecule has 2 aliphatic rings. The van der Waals surface area contributed by atoms with E-state index in [1.165, 1.54) is 5.56 Å². The first-order valence-electron chi connectivity index (χ1n) is 12.6. The van der Waals surface area contributed by atoms with Gasteiger partial charge in [0.05, 0.1) is 5.92 Å². The van der Waals surface area contributed by atoms with Crippen molar-refractivity contribution < 1.29 is 9.59 Å². The molecule has 2 amide bonds. The Labute approximate surface area is 203 Å². The van der Waals surface area contributed by atoms with Crippen LogP contribution in [0.2, 0.25) is 0 Å². The summed E-state index contributed by atoms with van der Waals surface area (Å²) in [6.45, 7) is 12.6. The molecule has 0 radical (unpaired) electrons. The van der Waals surface area contributed by atoms with Crippen LogP contribution < -0.4 is 15.1 Å². The van der Waals surface area contributed by atoms with Gasteiger partial charge in [0, 0.05) is 57.6 Å². The highest BCUT2D eigenvalue weighted by Crippen LogP contribution is 2.33. The summed E-state index contributed by atoms with van der Waals surface area (Å²) in [4.78, 5) is 36.8. The molecule has 1 N–H and O–H groups in total. The van der Waals surface area contributed by atoms with Crippen LogP contribution in [0.5, 0.6) is 0 Å². The molecule has 1 aromatic carbocycles. The van der Waals surface area contributed by atoms with Gasteiger partial charge in [-0.05, 0) is 42.1 Å². The average Bonchev–Trinajstić information content (AvgIpc) is 3.28. The average molecular weight is 464 g/mol. The summed E-state index contributed by atoms with van der Waals surface area (Å²) in [7, 11) is 0. The van der Waals surface area contributed by atoms with Crippen LogP contribution in [0.4, 0.5) is 11.5 Å². The van der Waals surface area contributed by atoms with Crippen molar-refractivity contribution in [3.8, 4) is 0 Å². The van der Waals surface area contributed by atoms with E-state index >= 15 is 0 Å². The second kappa shape index (κ2) is 11.0. The maximum atomic E-state index is 12.9. The number of anilines is 2. The number of pyridine rings is 1. The monoisotopic (exact) mass is 463 g/mol. The van der Waals surface area contributed by atoms with E-state index in [0.717, 1.165) is 56.2 Å². The maximum Gasteiger partial charge on any atom is 0.227 e. The number of likely N-dealkylation sites (N-methyl/N-ethyl adjacent to an activating group) is 1. The number of benzene rings is 1. The van der Waals surface area contributed by atoms with E-state index in [9.17, 15) is 9.59 Å². The summed E-state index contributed by atoms with van der Waals surface area (Å²) in [5.41, 5.74) is 3.07. The highest BCUT2D eigenvalue weighted by Gasteiger charge is 2.36. The molecule has 0 spiro atoms. The fourth-order valence-corrected chi connectivity index (χ4v) is 4.82. The molecular formula is C27H37N5O2. The minimum Gasteiger partial charge on any atom is -0.354 e. The van der Waals surface area contributed by atoms with Crippen molar-refractivity contribution in [3.05, 3.63) is 53.7 Å². The number of nitrogens with zero attached hydrogens (tertiary/aromatic N) is 4. The van der Waals surface area contributed by atoms with Gasteiger partial charge in [-0.3, -0.25) is 9.59 Å². The van der Waals surface area contributed by atoms with E-state index in [0.29, 0.717) is 19.0 Å². The third kappa shape index (κ3) is 5.41. The largest absolute Gasteiger partial charge is 0.354 e. The molecule has 2 atom stereocenters. The van der Waals surface area contributed by atoms with Crippen LogP contribution in [0, 0.1) is 5.92 Å². The normalized spacial score (nSPS) is 20.0. The molecule has 0 bridgehead atoms. The first kappa shape index (κ1) is 24.2. The zero-order chi connectivity index (χ0) is 24.1. The minimum absolute atomic E-state index is 0.0186. The van der Waals surface area contributed by atoms with Crippen LogP contribution in [0.1, 0.15) is 50.7 Å². The molecule has 182 valence electrons. The number of hydrogen-bond donors (Lipinski definition) is 1. The van der Waals surface area contributed by atoms with E-state index in [1.807, 2.05) is 36.5 Å². The lowest BCUT2D eigenvalue weighted by molar-refractivity contribution is -0.126. The topological polar surface area (TPSA) is 68.8 Å². The lowest BCUT2D eigenvalue weighted by Crippen LogP contribution is -2.46. The number of hydrogen-bond acceptors (Lipinski definition) is 5. The van der Waals surface area contributed by atoms with E-state index in [4.69, 9.17) is 0 Å². The Kier molecular flexibility index (Phi) is 7.83. The van der Waals surface area contributed by atoms with Gasteiger partial charge >= 0.3 is 0 Å². The van der Waals surface area contributed by atoms with Crippen LogP contribution in [0.15, 0.2) is 42.6 Å². The molecule has 0 saturated carbocycles. The quantitative estimate of drug-likeness (QED) is 0.650. The van der Waals surface area contributed by atoms with Crippen LogP contribution in [-0.4, -0.2) is 61.0 Å². The second-order valence-corrected chi connectivity index (χ2v) is 9.44. The van der Waals surface area contributed by atoms with Gasteiger partial charge in [-0.1, -0.05) is 45.0 Å². The Hall–Kier alpha value is -2.93. The number of rotatable bonds is 8. The Morgan fingerprint density at radius 1 is 1.12 bits per heavy atom. The number of nitrogens with one attached hydrogen (secondary N) is 1. The van der Waals surface area contributed by atoms with E-state index in [2.05, 4.69) is 46.9 Å². The summed E-state index contributed by atoms with van der Waals surface area (Å²) in [5.74, 6) is 0.965. The van der Waals surface area contributed by atoms with Crippen molar-refractivity contribution in [2.24, 2.45) is 5.92 Å². The van der Waals surface area contributed by atoms with Crippen molar-refractivity contribution in [1.82, 2.24) is 15.2 Å². The molecule has 4 rings (SSSR count). The summed E-state index contributed by atoms with van der Waals surface area (Å²) < 4.78 is 0. The number of piperazine rings is 1. The lowest BCUT2D eigenvalue weighted by Gasteiger charge is -2.34. The molecule has 2 fully saturated rings. The summed E-state index contributed by atoms with van der Waals surface area (Å²) >= 11 is 0. The van der Waals surface area contributed by atoms with E-state index < -0.39 is 0 Å². The fraction of sp³-hybridized carbons (Fsp3) is 0.519. The summed E-state index contributed by atoms with van der Waals surface area (Å²) in [5, 5.41) is 3.02. The van der Waals surface area contributed by atoms with E-state index in [-0.39, 0.29) is 24.2 Å². The van der Waals surface area contributed by atoms with Gasteiger partial charge in [0.25, 0.3) is 0 Å². The summed E-state index contributed by atoms with van der Waals surface area (Å²) in [6.07, 6.45) is 3.10. The molecule has 2 unspecified atom stereocenters. The minimum atomic E-state index is -0.334. The predicted molar refractivity (Wildman–Crippen MR) is 136 cm³/mol. The number of carbonyl (C=O) groups is 2. The molecule has 2 aromatic rings. The first-order valence-corrected chi connectivity index (χ1v) is 12.6.